The smallest absolute Gasteiger partial charge is 0.239 e. The molecule has 2 rings (SSSR count). The zero-order chi connectivity index (χ0) is 18.8. The summed E-state index contributed by atoms with van der Waals surface area (Å²) in [6, 6.07) is 10.3. The van der Waals surface area contributed by atoms with Crippen LogP contribution in [0.3, 0.4) is 0 Å². The minimum atomic E-state index is -0.718. The first-order valence-corrected chi connectivity index (χ1v) is 8.51. The summed E-state index contributed by atoms with van der Waals surface area (Å²) in [6.07, 6.45) is 2.53. The van der Waals surface area contributed by atoms with Crippen LogP contribution >= 0.6 is 0 Å². The van der Waals surface area contributed by atoms with E-state index in [1.807, 2.05) is 37.3 Å². The minimum absolute atomic E-state index is 0.157. The van der Waals surface area contributed by atoms with Crippen molar-refractivity contribution in [3.8, 4) is 17.4 Å². The molecule has 7 heteroatoms. The van der Waals surface area contributed by atoms with Gasteiger partial charge in [0, 0.05) is 25.4 Å². The van der Waals surface area contributed by atoms with Gasteiger partial charge in [0.25, 0.3) is 0 Å². The number of rotatable bonds is 10. The summed E-state index contributed by atoms with van der Waals surface area (Å²) < 4.78 is 16.5. The molecule has 3 N–H and O–H groups in total. The third kappa shape index (κ3) is 5.72. The van der Waals surface area contributed by atoms with Gasteiger partial charge in [-0.15, -0.1) is 0 Å². The van der Waals surface area contributed by atoms with E-state index in [0.717, 1.165) is 12.0 Å². The summed E-state index contributed by atoms with van der Waals surface area (Å²) in [5.41, 5.74) is 6.45. The molecule has 1 unspecified atom stereocenters. The summed E-state index contributed by atoms with van der Waals surface area (Å²) in [5, 5.41) is 2.76. The van der Waals surface area contributed by atoms with Crippen LogP contribution < -0.4 is 20.5 Å². The molecule has 1 aromatic carbocycles. The van der Waals surface area contributed by atoms with E-state index in [1.54, 1.807) is 12.3 Å². The van der Waals surface area contributed by atoms with Crippen LogP contribution in [0.2, 0.25) is 0 Å². The monoisotopic (exact) mass is 359 g/mol. The second-order valence-electron chi connectivity index (χ2n) is 5.64. The number of carbonyl (C=O) groups excluding carboxylic acids is 1. The first kappa shape index (κ1) is 19.7. The van der Waals surface area contributed by atoms with Crippen molar-refractivity contribution >= 4 is 5.91 Å². The predicted octanol–water partition coefficient (Wildman–Crippen LogP) is 2.25. The van der Waals surface area contributed by atoms with E-state index in [-0.39, 0.29) is 19.1 Å². The Labute approximate surface area is 153 Å². The fraction of sp³-hybridized carbons (Fsp3) is 0.368. The Kier molecular flexibility index (Phi) is 7.85. The maximum atomic E-state index is 12.0. The lowest BCUT2D eigenvalue weighted by Gasteiger charge is -2.15. The van der Waals surface area contributed by atoms with Crippen LogP contribution in [0.25, 0.3) is 0 Å². The molecule has 1 atom stereocenters. The lowest BCUT2D eigenvalue weighted by molar-refractivity contribution is -0.123. The van der Waals surface area contributed by atoms with E-state index < -0.39 is 6.04 Å². The fourth-order valence-corrected chi connectivity index (χ4v) is 2.19. The first-order valence-electron chi connectivity index (χ1n) is 8.51. The Morgan fingerprint density at radius 2 is 2.00 bits per heavy atom. The number of pyridine rings is 1. The Bertz CT molecular complexity index is 709. The zero-order valence-electron chi connectivity index (χ0n) is 15.1. The standard InChI is InChI=1S/C19H25N3O4/c1-3-11-25-16-8-4-5-9-17(16)26-19-14(7-6-10-21-19)12-22-18(23)15(20)13-24-2/h4-10,15H,3,11-13,20H2,1-2H3,(H,22,23). The number of nitrogens with one attached hydrogen (secondary N) is 1. The highest BCUT2D eigenvalue weighted by atomic mass is 16.5. The van der Waals surface area contributed by atoms with E-state index in [2.05, 4.69) is 10.3 Å². The van der Waals surface area contributed by atoms with Gasteiger partial charge in [-0.2, -0.15) is 0 Å². The van der Waals surface area contributed by atoms with Gasteiger partial charge in [-0.3, -0.25) is 4.79 Å². The van der Waals surface area contributed by atoms with Gasteiger partial charge in [0.2, 0.25) is 11.8 Å². The van der Waals surface area contributed by atoms with Crippen LogP contribution in [-0.4, -0.2) is 37.3 Å². The molecule has 0 spiro atoms. The molecule has 140 valence electrons. The van der Waals surface area contributed by atoms with Crippen molar-refractivity contribution in [1.82, 2.24) is 10.3 Å². The molecule has 0 bridgehead atoms. The molecule has 0 aliphatic carbocycles. The van der Waals surface area contributed by atoms with Gasteiger partial charge < -0.3 is 25.3 Å². The normalized spacial score (nSPS) is 11.7. The molecule has 26 heavy (non-hydrogen) atoms. The molecule has 0 saturated carbocycles. The van der Waals surface area contributed by atoms with Crippen LogP contribution in [0.4, 0.5) is 0 Å². The van der Waals surface area contributed by atoms with Crippen molar-refractivity contribution in [1.29, 1.82) is 0 Å². The van der Waals surface area contributed by atoms with Crippen LogP contribution in [0, 0.1) is 0 Å². The Morgan fingerprint density at radius 1 is 1.23 bits per heavy atom. The zero-order valence-corrected chi connectivity index (χ0v) is 15.1. The molecule has 0 aliphatic heterocycles. The molecule has 1 heterocycles. The quantitative estimate of drug-likeness (QED) is 0.675. The maximum absolute atomic E-state index is 12.0. The van der Waals surface area contributed by atoms with Gasteiger partial charge in [-0.1, -0.05) is 25.1 Å². The second kappa shape index (κ2) is 10.4. The van der Waals surface area contributed by atoms with Gasteiger partial charge >= 0.3 is 0 Å². The molecule has 0 fully saturated rings. The summed E-state index contributed by atoms with van der Waals surface area (Å²) >= 11 is 0. The average molecular weight is 359 g/mol. The number of para-hydroxylation sites is 2. The number of hydrogen-bond acceptors (Lipinski definition) is 6. The Hall–Kier alpha value is -2.64. The third-order valence-electron chi connectivity index (χ3n) is 3.50. The van der Waals surface area contributed by atoms with Crippen molar-refractivity contribution in [2.75, 3.05) is 20.3 Å². The topological polar surface area (TPSA) is 95.7 Å². The number of benzene rings is 1. The lowest BCUT2D eigenvalue weighted by atomic mass is 10.2. The van der Waals surface area contributed by atoms with E-state index >= 15 is 0 Å². The molecular formula is C19H25N3O4. The van der Waals surface area contributed by atoms with Crippen LogP contribution in [0.5, 0.6) is 17.4 Å². The predicted molar refractivity (Wildman–Crippen MR) is 98.2 cm³/mol. The van der Waals surface area contributed by atoms with Crippen molar-refractivity contribution in [3.05, 3.63) is 48.2 Å². The molecule has 0 saturated heterocycles. The highest BCUT2D eigenvalue weighted by Gasteiger charge is 2.15. The number of aromatic nitrogens is 1. The SMILES string of the molecule is CCCOc1ccccc1Oc1ncccc1CNC(=O)C(N)COC. The van der Waals surface area contributed by atoms with Crippen LogP contribution in [0.1, 0.15) is 18.9 Å². The van der Waals surface area contributed by atoms with E-state index in [1.165, 1.54) is 7.11 Å². The highest BCUT2D eigenvalue weighted by Crippen LogP contribution is 2.31. The van der Waals surface area contributed by atoms with Crippen LogP contribution in [-0.2, 0) is 16.1 Å². The fourth-order valence-electron chi connectivity index (χ4n) is 2.19. The summed E-state index contributed by atoms with van der Waals surface area (Å²) in [7, 11) is 1.50. The number of nitrogens with two attached hydrogens (primary N) is 1. The Balaban J connectivity index is 2.09. The third-order valence-corrected chi connectivity index (χ3v) is 3.50. The van der Waals surface area contributed by atoms with E-state index in [0.29, 0.717) is 24.0 Å². The van der Waals surface area contributed by atoms with E-state index in [9.17, 15) is 4.79 Å². The largest absolute Gasteiger partial charge is 0.490 e. The number of ether oxygens (including phenoxy) is 3. The maximum Gasteiger partial charge on any atom is 0.239 e. The number of nitrogens with zero attached hydrogens (tertiary/aromatic N) is 1. The number of hydrogen-bond donors (Lipinski definition) is 2. The molecule has 0 radical (unpaired) electrons. The number of methoxy groups -OCH3 is 1. The summed E-state index contributed by atoms with van der Waals surface area (Å²) in [6.45, 7) is 3.04. The molecule has 1 aromatic heterocycles. The lowest BCUT2D eigenvalue weighted by Crippen LogP contribution is -2.43. The van der Waals surface area contributed by atoms with Gasteiger partial charge in [-0.25, -0.2) is 4.98 Å². The summed E-state index contributed by atoms with van der Waals surface area (Å²) in [5.74, 6) is 1.33. The van der Waals surface area contributed by atoms with Gasteiger partial charge in [0.15, 0.2) is 11.5 Å². The average Bonchev–Trinajstić information content (AvgIpc) is 2.66. The molecule has 7 nitrogen and oxygen atoms in total. The van der Waals surface area contributed by atoms with Crippen molar-refractivity contribution < 1.29 is 19.0 Å². The van der Waals surface area contributed by atoms with Crippen molar-refractivity contribution in [2.24, 2.45) is 5.73 Å². The van der Waals surface area contributed by atoms with Gasteiger partial charge in [0.1, 0.15) is 6.04 Å². The van der Waals surface area contributed by atoms with Crippen LogP contribution in [0.15, 0.2) is 42.6 Å². The number of amides is 1. The molecule has 1 amide bonds. The minimum Gasteiger partial charge on any atom is -0.490 e. The number of carbonyl (C=O) groups is 1. The summed E-state index contributed by atoms with van der Waals surface area (Å²) in [4.78, 5) is 16.2. The van der Waals surface area contributed by atoms with Gasteiger partial charge in [0.05, 0.1) is 13.2 Å². The van der Waals surface area contributed by atoms with Crippen molar-refractivity contribution in [3.63, 3.8) is 0 Å². The second-order valence-corrected chi connectivity index (χ2v) is 5.64. The molecule has 2 aromatic rings. The molecule has 0 aliphatic rings. The van der Waals surface area contributed by atoms with Crippen molar-refractivity contribution in [2.45, 2.75) is 25.9 Å². The first-order chi connectivity index (χ1) is 12.7. The highest BCUT2D eigenvalue weighted by molar-refractivity contribution is 5.81. The Morgan fingerprint density at radius 3 is 2.73 bits per heavy atom. The van der Waals surface area contributed by atoms with E-state index in [4.69, 9.17) is 19.9 Å². The van der Waals surface area contributed by atoms with Gasteiger partial charge in [-0.05, 0) is 24.6 Å². The molecular weight excluding hydrogens is 334 g/mol.